The molecule has 0 aromatic heterocycles. The van der Waals surface area contributed by atoms with E-state index in [1.807, 2.05) is 41.4 Å². The summed E-state index contributed by atoms with van der Waals surface area (Å²) in [6.07, 6.45) is 0.268. The lowest BCUT2D eigenvalue weighted by atomic mass is 9.96. The SMILES string of the molecule is COc1cc(Cl)cc(Cl)c1[C@@H]1Oc2ccccc2[C@H]2CC(c3ccccc3)=NN21. The highest BCUT2D eigenvalue weighted by Crippen LogP contribution is 2.50. The second-order valence-corrected chi connectivity index (χ2v) is 7.87. The van der Waals surface area contributed by atoms with E-state index >= 15 is 0 Å². The molecule has 5 rings (SSSR count). The number of fused-ring (bicyclic) bond motifs is 3. The number of ether oxygens (including phenoxy) is 2. The molecule has 0 aliphatic carbocycles. The van der Waals surface area contributed by atoms with Gasteiger partial charge < -0.3 is 9.47 Å². The molecule has 2 atom stereocenters. The van der Waals surface area contributed by atoms with Crippen LogP contribution in [0.3, 0.4) is 0 Å². The van der Waals surface area contributed by atoms with Gasteiger partial charge in [-0.3, -0.25) is 0 Å². The summed E-state index contributed by atoms with van der Waals surface area (Å²) in [5, 5.41) is 7.94. The van der Waals surface area contributed by atoms with Crippen LogP contribution in [0.4, 0.5) is 0 Å². The van der Waals surface area contributed by atoms with Crippen molar-refractivity contribution in [3.05, 3.63) is 93.5 Å². The number of nitrogens with zero attached hydrogens (tertiary/aromatic N) is 2. The summed E-state index contributed by atoms with van der Waals surface area (Å²) >= 11 is 12.8. The zero-order valence-corrected chi connectivity index (χ0v) is 17.2. The average Bonchev–Trinajstić information content (AvgIpc) is 3.19. The second-order valence-electron chi connectivity index (χ2n) is 7.02. The fraction of sp³-hybridized carbons (Fsp3) is 0.174. The Labute approximate surface area is 179 Å². The van der Waals surface area contributed by atoms with Gasteiger partial charge in [-0.15, -0.1) is 0 Å². The molecular formula is C23H18Cl2N2O2. The molecule has 4 nitrogen and oxygen atoms in total. The van der Waals surface area contributed by atoms with Crippen molar-refractivity contribution < 1.29 is 9.47 Å². The van der Waals surface area contributed by atoms with E-state index in [2.05, 4.69) is 18.2 Å². The van der Waals surface area contributed by atoms with E-state index in [4.69, 9.17) is 37.8 Å². The summed E-state index contributed by atoms with van der Waals surface area (Å²) in [5.74, 6) is 1.41. The van der Waals surface area contributed by atoms with Gasteiger partial charge in [-0.1, -0.05) is 71.7 Å². The molecule has 29 heavy (non-hydrogen) atoms. The van der Waals surface area contributed by atoms with Crippen molar-refractivity contribution in [2.24, 2.45) is 5.10 Å². The van der Waals surface area contributed by atoms with Gasteiger partial charge in [0, 0.05) is 17.0 Å². The summed E-state index contributed by atoms with van der Waals surface area (Å²) in [6.45, 7) is 0. The van der Waals surface area contributed by atoms with E-state index in [0.29, 0.717) is 15.8 Å². The van der Waals surface area contributed by atoms with Crippen LogP contribution in [0.5, 0.6) is 11.5 Å². The van der Waals surface area contributed by atoms with E-state index in [1.165, 1.54) is 0 Å². The lowest BCUT2D eigenvalue weighted by Crippen LogP contribution is -2.34. The molecule has 3 aromatic rings. The number of methoxy groups -OCH3 is 1. The number of benzene rings is 3. The lowest BCUT2D eigenvalue weighted by Gasteiger charge is -2.38. The maximum Gasteiger partial charge on any atom is 0.218 e. The summed E-state index contributed by atoms with van der Waals surface area (Å²) in [6, 6.07) is 21.8. The smallest absolute Gasteiger partial charge is 0.218 e. The molecule has 3 aromatic carbocycles. The zero-order chi connectivity index (χ0) is 20.0. The number of rotatable bonds is 3. The summed E-state index contributed by atoms with van der Waals surface area (Å²) < 4.78 is 12.0. The molecule has 0 spiro atoms. The molecular weight excluding hydrogens is 407 g/mol. The Hall–Kier alpha value is -2.69. The van der Waals surface area contributed by atoms with Crippen LogP contribution in [0.15, 0.2) is 71.8 Å². The number of para-hydroxylation sites is 1. The van der Waals surface area contributed by atoms with E-state index in [0.717, 1.165) is 34.6 Å². The van der Waals surface area contributed by atoms with Crippen molar-refractivity contribution in [3.63, 3.8) is 0 Å². The fourth-order valence-electron chi connectivity index (χ4n) is 4.00. The molecule has 6 heteroatoms. The van der Waals surface area contributed by atoms with E-state index in [1.54, 1.807) is 19.2 Å². The van der Waals surface area contributed by atoms with Crippen molar-refractivity contribution in [3.8, 4) is 11.5 Å². The van der Waals surface area contributed by atoms with Crippen molar-refractivity contribution in [1.29, 1.82) is 0 Å². The first-order chi connectivity index (χ1) is 14.2. The first-order valence-corrected chi connectivity index (χ1v) is 10.1. The first kappa shape index (κ1) is 18.3. The highest BCUT2D eigenvalue weighted by molar-refractivity contribution is 6.35. The van der Waals surface area contributed by atoms with Gasteiger partial charge in [0.05, 0.1) is 29.4 Å². The largest absolute Gasteiger partial charge is 0.496 e. The first-order valence-electron chi connectivity index (χ1n) is 9.35. The van der Waals surface area contributed by atoms with Crippen LogP contribution in [0, 0.1) is 0 Å². The van der Waals surface area contributed by atoms with E-state index in [-0.39, 0.29) is 6.04 Å². The Bertz CT molecular complexity index is 1100. The molecule has 2 aliphatic rings. The number of halogens is 2. The maximum absolute atomic E-state index is 6.60. The Morgan fingerprint density at radius 2 is 1.79 bits per heavy atom. The third-order valence-corrected chi connectivity index (χ3v) is 5.86. The molecule has 0 saturated carbocycles. The highest BCUT2D eigenvalue weighted by atomic mass is 35.5. The summed E-state index contributed by atoms with van der Waals surface area (Å²) in [4.78, 5) is 0. The highest BCUT2D eigenvalue weighted by Gasteiger charge is 2.42. The van der Waals surface area contributed by atoms with Gasteiger partial charge in [-0.25, -0.2) is 5.01 Å². The third kappa shape index (κ3) is 3.13. The monoisotopic (exact) mass is 424 g/mol. The average molecular weight is 425 g/mol. The van der Waals surface area contributed by atoms with Crippen LogP contribution in [0.1, 0.15) is 35.4 Å². The van der Waals surface area contributed by atoms with E-state index < -0.39 is 6.23 Å². The van der Waals surface area contributed by atoms with Crippen LogP contribution >= 0.6 is 23.2 Å². The minimum Gasteiger partial charge on any atom is -0.496 e. The fourth-order valence-corrected chi connectivity index (χ4v) is 4.57. The summed E-state index contributed by atoms with van der Waals surface area (Å²) in [7, 11) is 1.60. The Kier molecular flexibility index (Phi) is 4.61. The Balaban J connectivity index is 1.66. The molecule has 0 amide bonds. The normalized spacial score (nSPS) is 19.8. The van der Waals surface area contributed by atoms with Crippen molar-refractivity contribution in [2.75, 3.05) is 7.11 Å². The zero-order valence-electron chi connectivity index (χ0n) is 15.7. The van der Waals surface area contributed by atoms with Gasteiger partial charge in [0.25, 0.3) is 0 Å². The summed E-state index contributed by atoms with van der Waals surface area (Å²) in [5.41, 5.74) is 3.95. The molecule has 0 radical (unpaired) electrons. The molecule has 0 N–H and O–H groups in total. The van der Waals surface area contributed by atoms with Crippen molar-refractivity contribution in [1.82, 2.24) is 5.01 Å². The van der Waals surface area contributed by atoms with Gasteiger partial charge >= 0.3 is 0 Å². The van der Waals surface area contributed by atoms with Gasteiger partial charge in [-0.2, -0.15) is 5.10 Å². The lowest BCUT2D eigenvalue weighted by molar-refractivity contribution is -0.0202. The minimum absolute atomic E-state index is 0.0524. The van der Waals surface area contributed by atoms with Crippen molar-refractivity contribution >= 4 is 28.9 Å². The molecule has 0 unspecified atom stereocenters. The second kappa shape index (κ2) is 7.29. The standard InChI is InChI=1S/C23H18Cl2N2O2/c1-28-21-12-15(24)11-17(25)22(21)23-27-19(16-9-5-6-10-20(16)29-23)13-18(26-27)14-7-3-2-4-8-14/h2-12,19,23H,13H2,1H3/t19-,23+/m1/s1. The van der Waals surface area contributed by atoms with E-state index in [9.17, 15) is 0 Å². The van der Waals surface area contributed by atoms with Crippen LogP contribution in [0.2, 0.25) is 10.0 Å². The predicted molar refractivity (Wildman–Crippen MR) is 115 cm³/mol. The molecule has 0 fully saturated rings. The number of hydrazone groups is 1. The molecule has 2 heterocycles. The van der Waals surface area contributed by atoms with Crippen molar-refractivity contribution in [2.45, 2.75) is 18.7 Å². The third-order valence-electron chi connectivity index (χ3n) is 5.33. The molecule has 2 aliphatic heterocycles. The predicted octanol–water partition coefficient (Wildman–Crippen LogP) is 6.24. The molecule has 0 saturated heterocycles. The molecule has 0 bridgehead atoms. The Morgan fingerprint density at radius 3 is 2.59 bits per heavy atom. The van der Waals surface area contributed by atoms with Gasteiger partial charge in [0.15, 0.2) is 0 Å². The van der Waals surface area contributed by atoms with Crippen LogP contribution in [-0.4, -0.2) is 17.8 Å². The molecule has 146 valence electrons. The van der Waals surface area contributed by atoms with Gasteiger partial charge in [0.2, 0.25) is 6.23 Å². The number of hydrogen-bond acceptors (Lipinski definition) is 4. The maximum atomic E-state index is 6.60. The van der Waals surface area contributed by atoms with Crippen LogP contribution in [-0.2, 0) is 0 Å². The van der Waals surface area contributed by atoms with Crippen LogP contribution < -0.4 is 9.47 Å². The van der Waals surface area contributed by atoms with Gasteiger partial charge in [0.1, 0.15) is 11.5 Å². The number of hydrogen-bond donors (Lipinski definition) is 0. The Morgan fingerprint density at radius 1 is 1.03 bits per heavy atom. The van der Waals surface area contributed by atoms with Crippen LogP contribution in [0.25, 0.3) is 0 Å². The minimum atomic E-state index is -0.518. The topological polar surface area (TPSA) is 34.1 Å². The van der Waals surface area contributed by atoms with Gasteiger partial charge in [-0.05, 0) is 23.8 Å². The quantitative estimate of drug-likeness (QED) is 0.498.